The van der Waals surface area contributed by atoms with Crippen molar-refractivity contribution in [2.24, 2.45) is 425 Å². The minimum atomic E-state index is -4.11. The second-order valence-corrected chi connectivity index (χ2v) is 63.1. The third-order valence-corrected chi connectivity index (χ3v) is 60.0. The zero-order chi connectivity index (χ0) is 96.8. The van der Waals surface area contributed by atoms with Gasteiger partial charge in [-0.2, -0.15) is 18.9 Å². The molecule has 0 aromatic heterocycles. The normalized spacial score (nSPS) is 63.1. The highest BCUT2D eigenvalue weighted by Gasteiger charge is 2.76. The molecule has 32 aliphatic rings. The Hall–Kier alpha value is -2.45. The predicted octanol–water partition coefficient (Wildman–Crippen LogP) is 24.7. The maximum absolute atomic E-state index is 12.9. The topological polar surface area (TPSA) is 237 Å². The van der Waals surface area contributed by atoms with Crippen LogP contribution in [0.15, 0.2) is 0 Å². The first-order chi connectivity index (χ1) is 65.5. The lowest BCUT2D eigenvalue weighted by atomic mass is 9.58. The van der Waals surface area contributed by atoms with Gasteiger partial charge in [0, 0.05) is 35.2 Å². The van der Waals surface area contributed by atoms with Crippen molar-refractivity contribution in [3.05, 3.63) is 0 Å². The van der Waals surface area contributed by atoms with Crippen LogP contribution in [0.2, 0.25) is 0 Å². The van der Waals surface area contributed by atoms with Crippen molar-refractivity contribution >= 4 is 39.4 Å². The lowest BCUT2D eigenvalue weighted by molar-refractivity contribution is -0.133. The van der Waals surface area contributed by atoms with Crippen molar-refractivity contribution < 1.29 is 32.5 Å². The van der Waals surface area contributed by atoms with Crippen molar-refractivity contribution in [2.75, 3.05) is 12.4 Å². The number of aliphatic hydroxyl groups excluding tert-OH is 1. The van der Waals surface area contributed by atoms with Gasteiger partial charge in [-0.3, -0.25) is 18.9 Å². The standard InChI is InChI=1S/C19H31NO4S.C16H25NO.C16H23N.C15H23NO.C15H21N.C15H24O.C14H21Cl.C14H22/c1-9-10(2)13-7-12(9)16-11-5-14(17(13)16)15(6-11)18(21)20-19(3,4)8-25(22,23)24;1-7-8(2)11-5-10(7)13-9-4-12(14(11)13)16(3,6-9)15(17)18;1-8-9(2)12-5-11(8)14-10-4-13(15(12)14)16(3,6-10)7-17;1-6-7(2)10-5-9(6)13-8-3-11(14(10)13)12(4-8)15(16)17;2*1-7-8(2)12-5-11(7)14-9-3-10(6-16)13(4-9)15(12)14;1-6-7(2)10-5-9(6)13-8-3-11(14(10)13)12(15)4-8;1-7-8(2)12-6-11(7)13-9-3-4-10(5-9)14(12)13/h9-17H,5-8H2,1-4H3,(H,20,21)(H,22,23,24);7-14H,4-6H2,1-3H3,(H2,17,18);8-15H,4-6H2,1-3H3;6-14H,3-5H2,1-2H3,(H2,16,17);7-15H,3-5H2,1-2H3;7-16H,3-6H2,1-2H3;6-14H,3-5H2,1-2H3;7-14H,3-6H2,1-2H3. The number of fused-ring (bicyclic) bond motifs is 72. The van der Waals surface area contributed by atoms with Crippen LogP contribution in [0.3, 0.4) is 0 Å². The van der Waals surface area contributed by atoms with Crippen LogP contribution in [0.5, 0.6) is 0 Å². The highest BCUT2D eigenvalue weighted by molar-refractivity contribution is 7.85. The smallest absolute Gasteiger partial charge is 0.267 e. The van der Waals surface area contributed by atoms with Crippen LogP contribution in [0.1, 0.15) is 299 Å². The Morgan fingerprint density at radius 2 is 0.659 bits per heavy atom. The van der Waals surface area contributed by atoms with Gasteiger partial charge in [0.1, 0.15) is 0 Å². The molecule has 0 aromatic carbocycles. The van der Waals surface area contributed by atoms with E-state index in [2.05, 4.69) is 142 Å². The molecule has 7 N–H and O–H groups in total. The maximum atomic E-state index is 12.9. The van der Waals surface area contributed by atoms with Gasteiger partial charge in [0.2, 0.25) is 17.7 Å². The molecule has 0 radical (unpaired) electrons. The molecule has 32 aliphatic carbocycles. The number of nitrogens with one attached hydrogen (secondary N) is 1. The Labute approximate surface area is 841 Å². The molecule has 71 atom stereocenters. The number of aliphatic hydroxyl groups is 1. The summed E-state index contributed by atoms with van der Waals surface area (Å²) in [6.07, 6.45) is 34.6. The van der Waals surface area contributed by atoms with E-state index in [4.69, 9.17) is 27.6 Å². The second kappa shape index (κ2) is 33.5. The summed E-state index contributed by atoms with van der Waals surface area (Å²) in [5, 5.41) is 31.7. The third-order valence-electron chi connectivity index (χ3n) is 58.4. The zero-order valence-electron chi connectivity index (χ0n) is 89.2. The van der Waals surface area contributed by atoms with Crippen LogP contribution in [0.4, 0.5) is 0 Å². The highest BCUT2D eigenvalue weighted by Crippen LogP contribution is 2.81. The van der Waals surface area contributed by atoms with Crippen LogP contribution in [0, 0.1) is 436 Å². The van der Waals surface area contributed by atoms with Gasteiger partial charge in [-0.25, -0.2) is 0 Å². The van der Waals surface area contributed by atoms with Crippen molar-refractivity contribution in [1.29, 1.82) is 10.5 Å². The Morgan fingerprint density at radius 1 is 0.355 bits per heavy atom. The quantitative estimate of drug-likeness (QED) is 0.0924. The molecular formula is C124H190ClN5O7S. The summed E-state index contributed by atoms with van der Waals surface area (Å²) in [7, 11) is -4.11. The summed E-state index contributed by atoms with van der Waals surface area (Å²) < 4.78 is 31.5. The van der Waals surface area contributed by atoms with E-state index in [1.54, 1.807) is 46.0 Å². The summed E-state index contributed by atoms with van der Waals surface area (Å²) >= 11 is 6.50. The second-order valence-electron chi connectivity index (χ2n) is 61.1. The van der Waals surface area contributed by atoms with Gasteiger partial charge in [-0.05, 0) is 566 Å². The van der Waals surface area contributed by atoms with Crippen LogP contribution in [0.25, 0.3) is 0 Å². The molecule has 32 saturated carbocycles. The number of alkyl halides is 1. The average Bonchev–Trinajstić information content (AvgIpc) is 1.47. The zero-order valence-corrected chi connectivity index (χ0v) is 90.8. The third kappa shape index (κ3) is 13.5. The molecule has 0 aliphatic heterocycles. The summed E-state index contributed by atoms with van der Waals surface area (Å²) in [6, 6.07) is 5.26. The van der Waals surface area contributed by atoms with Gasteiger partial charge >= 0.3 is 0 Å². The number of hydrogen-bond donors (Lipinski definition) is 5. The minimum Gasteiger partial charge on any atom is -0.396 e. The summed E-state index contributed by atoms with van der Waals surface area (Å²) in [6.45, 7) is 47.8. The van der Waals surface area contributed by atoms with Crippen LogP contribution in [-0.2, 0) is 24.5 Å². The molecule has 32 fully saturated rings. The lowest BCUT2D eigenvalue weighted by Gasteiger charge is -2.46. The van der Waals surface area contributed by atoms with Gasteiger partial charge in [0.25, 0.3) is 10.1 Å². The first kappa shape index (κ1) is 96.4. The molecule has 71 unspecified atom stereocenters. The van der Waals surface area contributed by atoms with E-state index in [1.165, 1.54) is 133 Å². The first-order valence-electron chi connectivity index (χ1n) is 60.4. The van der Waals surface area contributed by atoms with E-state index in [9.17, 15) is 38.4 Å². The number of amides is 3. The van der Waals surface area contributed by atoms with Gasteiger partial charge in [0.05, 0.1) is 28.8 Å². The Kier molecular flexibility index (Phi) is 23.4. The molecule has 138 heavy (non-hydrogen) atoms. The minimum absolute atomic E-state index is 0.0110. The van der Waals surface area contributed by atoms with E-state index in [0.717, 1.165) is 345 Å². The van der Waals surface area contributed by atoms with Crippen LogP contribution >= 0.6 is 11.6 Å². The fourth-order valence-corrected chi connectivity index (χ4v) is 54.3. The van der Waals surface area contributed by atoms with E-state index in [-0.39, 0.29) is 40.4 Å². The van der Waals surface area contributed by atoms with Gasteiger partial charge in [-0.1, -0.05) is 118 Å². The van der Waals surface area contributed by atoms with E-state index >= 15 is 0 Å². The predicted molar refractivity (Wildman–Crippen MR) is 545 cm³/mol. The highest BCUT2D eigenvalue weighted by atomic mass is 35.5. The molecule has 766 valence electrons. The molecule has 32 rings (SSSR count). The summed E-state index contributed by atoms with van der Waals surface area (Å²) in [5.41, 5.74) is 10.2. The number of carbonyl (C=O) groups excluding carboxylic acids is 3. The number of carbonyl (C=O) groups is 3. The monoisotopic (exact) mass is 1930 g/mol. The molecule has 0 spiro atoms. The van der Waals surface area contributed by atoms with Crippen molar-refractivity contribution in [1.82, 2.24) is 5.32 Å². The fraction of sp³-hybridized carbons (Fsp3) is 0.960. The number of primary amides is 2. The Bertz CT molecular complexity index is 4890. The Morgan fingerprint density at radius 3 is 1.05 bits per heavy atom. The fourth-order valence-electron chi connectivity index (χ4n) is 52.9. The van der Waals surface area contributed by atoms with E-state index in [0.29, 0.717) is 53.4 Å². The molecule has 14 heteroatoms. The van der Waals surface area contributed by atoms with Gasteiger partial charge in [-0.15, -0.1) is 11.6 Å². The van der Waals surface area contributed by atoms with Gasteiger partial charge < -0.3 is 21.9 Å². The number of rotatable bonds is 7. The van der Waals surface area contributed by atoms with Gasteiger partial charge in [0.15, 0.2) is 0 Å². The number of nitrogens with two attached hydrogens (primary N) is 2. The number of hydrogen-bond acceptors (Lipinski definition) is 8. The SMILES string of the molecule is CC1C(C)C2CC1C1C3CC(C#N)C(C3)C21.CC1C(C)C2CC1C1C3CC(C(=O)NC(C)(C)CS(=O)(=O)O)C(C3)C21.CC1C(C)C2CC1C1C3CC(C(N)=O)C(C3)C21.CC1C(C)C2CC1C1C3CC(C21)C(C)(C#N)C3.CC1C(C)C2CC1C1C3CC(C21)C(C)(C(N)=O)C3.CC1C(C)C2CC1C1C3CC(CO)C(C3)C21.CC1C(C)C2CC1C1C3CC(Cl)C(C3)C21.CC1C(C)C2CC1C1C3CCC(C3)C21. The van der Waals surface area contributed by atoms with E-state index in [1.807, 2.05) is 0 Å². The van der Waals surface area contributed by atoms with Crippen molar-refractivity contribution in [3.8, 4) is 12.1 Å². The van der Waals surface area contributed by atoms with Crippen molar-refractivity contribution in [3.63, 3.8) is 0 Å². The lowest BCUT2D eigenvalue weighted by Crippen LogP contribution is -2.52. The molecule has 0 saturated heterocycles. The van der Waals surface area contributed by atoms with Crippen molar-refractivity contribution in [2.45, 2.75) is 310 Å². The Balaban J connectivity index is 0.0000000840. The largest absolute Gasteiger partial charge is 0.396 e. The molecule has 12 nitrogen and oxygen atoms in total. The molecular weight excluding hydrogens is 1740 g/mol. The average molecular weight is 1930 g/mol. The maximum Gasteiger partial charge on any atom is 0.267 e. The number of nitrogens with zero attached hydrogens (tertiary/aromatic N) is 2. The molecule has 32 bridgehead atoms. The summed E-state index contributed by atoms with van der Waals surface area (Å²) in [4.78, 5) is 36.3. The number of halogens is 1. The summed E-state index contributed by atoms with van der Waals surface area (Å²) in [5.74, 6) is 61.0. The number of nitriles is 2. The molecule has 0 heterocycles. The first-order valence-corrected chi connectivity index (χ1v) is 62.5. The molecule has 3 amide bonds. The van der Waals surface area contributed by atoms with E-state index < -0.39 is 21.4 Å². The molecule has 0 aromatic rings. The van der Waals surface area contributed by atoms with Crippen LogP contribution in [-0.4, -0.2) is 59.1 Å². The van der Waals surface area contributed by atoms with Crippen LogP contribution < -0.4 is 16.8 Å².